The number of aromatic nitrogens is 3. The van der Waals surface area contributed by atoms with E-state index in [1.807, 2.05) is 36.4 Å². The van der Waals surface area contributed by atoms with E-state index in [4.69, 9.17) is 4.74 Å². The number of carbonyl (C=O) groups is 2. The first-order valence-corrected chi connectivity index (χ1v) is 10.1. The molecule has 1 saturated heterocycles. The minimum Gasteiger partial charge on any atom is -0.497 e. The van der Waals surface area contributed by atoms with E-state index in [1.165, 1.54) is 0 Å². The summed E-state index contributed by atoms with van der Waals surface area (Å²) in [4.78, 5) is 38.7. The van der Waals surface area contributed by atoms with E-state index in [2.05, 4.69) is 20.3 Å². The van der Waals surface area contributed by atoms with Crippen molar-refractivity contribution in [3.8, 4) is 5.75 Å². The fourth-order valence-corrected chi connectivity index (χ4v) is 3.71. The lowest BCUT2D eigenvalue weighted by molar-refractivity contribution is -0.138. The maximum Gasteiger partial charge on any atom is 0.225 e. The van der Waals surface area contributed by atoms with E-state index < -0.39 is 0 Å². The first-order valence-electron chi connectivity index (χ1n) is 10.1. The van der Waals surface area contributed by atoms with E-state index in [9.17, 15) is 9.59 Å². The Labute approximate surface area is 174 Å². The number of methoxy groups -OCH3 is 1. The van der Waals surface area contributed by atoms with Crippen LogP contribution in [0.2, 0.25) is 0 Å². The minimum absolute atomic E-state index is 0.0524. The van der Waals surface area contributed by atoms with Crippen LogP contribution >= 0.6 is 0 Å². The maximum atomic E-state index is 12.7. The Morgan fingerprint density at radius 2 is 2.23 bits per heavy atom. The van der Waals surface area contributed by atoms with Gasteiger partial charge in [-0.05, 0) is 30.7 Å². The highest BCUT2D eigenvalue weighted by Crippen LogP contribution is 2.20. The van der Waals surface area contributed by atoms with Gasteiger partial charge in [-0.1, -0.05) is 6.07 Å². The quantitative estimate of drug-likeness (QED) is 0.625. The number of nitrogens with zero attached hydrogens (tertiary/aromatic N) is 3. The Hall–Kier alpha value is -3.42. The van der Waals surface area contributed by atoms with Crippen LogP contribution in [0.5, 0.6) is 5.75 Å². The van der Waals surface area contributed by atoms with Crippen LogP contribution in [-0.2, 0) is 22.6 Å². The fourth-order valence-electron chi connectivity index (χ4n) is 3.71. The molecule has 0 saturated carbocycles. The predicted molar refractivity (Wildman–Crippen MR) is 112 cm³/mol. The van der Waals surface area contributed by atoms with Gasteiger partial charge in [0.2, 0.25) is 11.8 Å². The van der Waals surface area contributed by atoms with Crippen LogP contribution in [0.3, 0.4) is 0 Å². The molecule has 0 spiro atoms. The molecular weight excluding hydrogens is 382 g/mol. The van der Waals surface area contributed by atoms with Crippen molar-refractivity contribution in [2.75, 3.05) is 20.2 Å². The SMILES string of the molecule is COc1ccc2nc(CNC(=O)C3CCC(=O)N(CCc4ccccn4)C3)[nH]c2c1. The summed E-state index contributed by atoms with van der Waals surface area (Å²) in [7, 11) is 1.62. The number of hydrogen-bond donors (Lipinski definition) is 2. The third-order valence-electron chi connectivity index (χ3n) is 5.40. The van der Waals surface area contributed by atoms with Crippen LogP contribution in [-0.4, -0.2) is 51.9 Å². The molecule has 0 bridgehead atoms. The Bertz CT molecular complexity index is 1030. The largest absolute Gasteiger partial charge is 0.497 e. The summed E-state index contributed by atoms with van der Waals surface area (Å²) in [6, 6.07) is 11.4. The summed E-state index contributed by atoms with van der Waals surface area (Å²) in [5, 5.41) is 2.95. The zero-order chi connectivity index (χ0) is 20.9. The van der Waals surface area contributed by atoms with Gasteiger partial charge in [0.1, 0.15) is 11.6 Å². The molecule has 3 aromatic rings. The predicted octanol–water partition coefficient (Wildman–Crippen LogP) is 2.06. The standard InChI is InChI=1S/C22H25N5O3/c1-30-17-6-7-18-19(12-17)26-20(25-18)13-24-22(29)15-5-8-21(28)27(14-15)11-9-16-4-2-3-10-23-16/h2-4,6-7,10,12,15H,5,8-9,11,13-14H2,1H3,(H,24,29)(H,25,26). The average molecular weight is 407 g/mol. The van der Waals surface area contributed by atoms with Crippen molar-refractivity contribution in [3.63, 3.8) is 0 Å². The summed E-state index contributed by atoms with van der Waals surface area (Å²) >= 11 is 0. The molecule has 1 aromatic carbocycles. The van der Waals surface area contributed by atoms with Crippen LogP contribution in [0.1, 0.15) is 24.4 Å². The first-order chi connectivity index (χ1) is 14.6. The van der Waals surface area contributed by atoms with Gasteiger partial charge < -0.3 is 19.9 Å². The number of fused-ring (bicyclic) bond motifs is 1. The van der Waals surface area contributed by atoms with Crippen LogP contribution in [0.4, 0.5) is 0 Å². The van der Waals surface area contributed by atoms with Gasteiger partial charge in [0.05, 0.1) is 30.6 Å². The Morgan fingerprint density at radius 3 is 3.03 bits per heavy atom. The molecule has 156 valence electrons. The highest BCUT2D eigenvalue weighted by molar-refractivity contribution is 5.84. The molecule has 1 atom stereocenters. The minimum atomic E-state index is -0.212. The number of likely N-dealkylation sites (tertiary alicyclic amines) is 1. The second-order valence-electron chi connectivity index (χ2n) is 7.43. The van der Waals surface area contributed by atoms with Gasteiger partial charge in [0.15, 0.2) is 0 Å². The third kappa shape index (κ3) is 4.59. The summed E-state index contributed by atoms with van der Waals surface area (Å²) in [5.74, 6) is 1.27. The zero-order valence-corrected chi connectivity index (χ0v) is 16.9. The average Bonchev–Trinajstić information content (AvgIpc) is 3.19. The molecule has 30 heavy (non-hydrogen) atoms. The number of piperidine rings is 1. The van der Waals surface area contributed by atoms with E-state index in [-0.39, 0.29) is 17.7 Å². The molecule has 8 nitrogen and oxygen atoms in total. The second kappa shape index (κ2) is 8.94. The van der Waals surface area contributed by atoms with Crippen molar-refractivity contribution < 1.29 is 14.3 Å². The van der Waals surface area contributed by atoms with Crippen LogP contribution in [0.25, 0.3) is 11.0 Å². The number of carbonyl (C=O) groups excluding carboxylic acids is 2. The Morgan fingerprint density at radius 1 is 1.33 bits per heavy atom. The van der Waals surface area contributed by atoms with Crippen molar-refractivity contribution in [2.24, 2.45) is 5.92 Å². The third-order valence-corrected chi connectivity index (χ3v) is 5.40. The topological polar surface area (TPSA) is 100 Å². The molecule has 2 aromatic heterocycles. The molecule has 1 unspecified atom stereocenters. The molecule has 2 N–H and O–H groups in total. The lowest BCUT2D eigenvalue weighted by atomic mass is 9.96. The normalized spacial score (nSPS) is 16.6. The number of H-pyrrole nitrogens is 1. The van der Waals surface area contributed by atoms with Crippen molar-refractivity contribution >= 4 is 22.8 Å². The van der Waals surface area contributed by atoms with Gasteiger partial charge >= 0.3 is 0 Å². The summed E-state index contributed by atoms with van der Waals surface area (Å²) in [6.07, 6.45) is 3.40. The molecule has 1 aliphatic heterocycles. The van der Waals surface area contributed by atoms with Crippen LogP contribution in [0, 0.1) is 5.92 Å². The molecule has 8 heteroatoms. The van der Waals surface area contributed by atoms with Gasteiger partial charge in [0.25, 0.3) is 0 Å². The highest BCUT2D eigenvalue weighted by atomic mass is 16.5. The number of nitrogens with one attached hydrogen (secondary N) is 2. The number of hydrogen-bond acceptors (Lipinski definition) is 5. The molecular formula is C22H25N5O3. The van der Waals surface area contributed by atoms with E-state index in [1.54, 1.807) is 18.2 Å². The highest BCUT2D eigenvalue weighted by Gasteiger charge is 2.30. The van der Waals surface area contributed by atoms with Gasteiger partial charge in [-0.2, -0.15) is 0 Å². The van der Waals surface area contributed by atoms with Gasteiger partial charge in [-0.25, -0.2) is 4.98 Å². The molecule has 1 aliphatic rings. The fraction of sp³-hybridized carbons (Fsp3) is 0.364. The van der Waals surface area contributed by atoms with Crippen molar-refractivity contribution in [3.05, 3.63) is 54.1 Å². The molecule has 3 heterocycles. The number of amides is 2. The molecule has 0 radical (unpaired) electrons. The molecule has 0 aliphatic carbocycles. The number of rotatable bonds is 7. The Kier molecular flexibility index (Phi) is 5.92. The van der Waals surface area contributed by atoms with Crippen LogP contribution < -0.4 is 10.1 Å². The van der Waals surface area contributed by atoms with Crippen LogP contribution in [0.15, 0.2) is 42.6 Å². The van der Waals surface area contributed by atoms with Gasteiger partial charge in [-0.3, -0.25) is 14.6 Å². The van der Waals surface area contributed by atoms with Gasteiger partial charge in [-0.15, -0.1) is 0 Å². The van der Waals surface area contributed by atoms with Crippen molar-refractivity contribution in [1.82, 2.24) is 25.2 Å². The van der Waals surface area contributed by atoms with E-state index in [0.29, 0.717) is 44.7 Å². The van der Waals surface area contributed by atoms with E-state index in [0.717, 1.165) is 22.5 Å². The number of aromatic amines is 1. The monoisotopic (exact) mass is 407 g/mol. The zero-order valence-electron chi connectivity index (χ0n) is 16.9. The number of imidazole rings is 1. The Balaban J connectivity index is 1.32. The first kappa shape index (κ1) is 19.9. The summed E-state index contributed by atoms with van der Waals surface area (Å²) in [5.41, 5.74) is 2.63. The number of pyridine rings is 1. The number of benzene rings is 1. The molecule has 2 amide bonds. The molecule has 1 fully saturated rings. The summed E-state index contributed by atoms with van der Waals surface area (Å²) < 4.78 is 5.22. The van der Waals surface area contributed by atoms with Crippen molar-refractivity contribution in [2.45, 2.75) is 25.8 Å². The second-order valence-corrected chi connectivity index (χ2v) is 7.43. The van der Waals surface area contributed by atoms with E-state index >= 15 is 0 Å². The summed E-state index contributed by atoms with van der Waals surface area (Å²) in [6.45, 7) is 1.33. The lowest BCUT2D eigenvalue weighted by Crippen LogP contribution is -2.46. The van der Waals surface area contributed by atoms with Gasteiger partial charge in [0, 0.05) is 43.9 Å². The van der Waals surface area contributed by atoms with Crippen molar-refractivity contribution in [1.29, 1.82) is 0 Å². The number of ether oxygens (including phenoxy) is 1. The lowest BCUT2D eigenvalue weighted by Gasteiger charge is -2.31. The smallest absolute Gasteiger partial charge is 0.225 e. The maximum absolute atomic E-state index is 12.7. The molecule has 4 rings (SSSR count).